The highest BCUT2D eigenvalue weighted by atomic mass is 35.5. The predicted octanol–water partition coefficient (Wildman–Crippen LogP) is 3.01. The van der Waals surface area contributed by atoms with E-state index in [4.69, 9.17) is 25.8 Å². The summed E-state index contributed by atoms with van der Waals surface area (Å²) in [5, 5.41) is 4.02. The van der Waals surface area contributed by atoms with Crippen molar-refractivity contribution >= 4 is 36.4 Å². The van der Waals surface area contributed by atoms with E-state index >= 15 is 0 Å². The average molecular weight is 402 g/mol. The lowest BCUT2D eigenvalue weighted by atomic mass is 10.2. The smallest absolute Gasteiger partial charge is 0.179 e. The molecule has 5 nitrogen and oxygen atoms in total. The fourth-order valence-corrected chi connectivity index (χ4v) is 2.87. The van der Waals surface area contributed by atoms with Gasteiger partial charge in [0.25, 0.3) is 0 Å². The van der Waals surface area contributed by atoms with Gasteiger partial charge in [-0.1, -0.05) is 11.6 Å². The van der Waals surface area contributed by atoms with Gasteiger partial charge in [0.2, 0.25) is 0 Å². The molecule has 1 aromatic carbocycles. The second kappa shape index (κ2) is 12.9. The number of nitrogens with one attached hydrogen (secondary N) is 1. The van der Waals surface area contributed by atoms with Crippen molar-refractivity contribution in [2.24, 2.45) is 0 Å². The summed E-state index contributed by atoms with van der Waals surface area (Å²) >= 11 is 6.20. The quantitative estimate of drug-likeness (QED) is 0.678. The Bertz CT molecular complexity index is 472. The topological polar surface area (TPSA) is 43.0 Å². The predicted molar refractivity (Wildman–Crippen MR) is 103 cm³/mol. The van der Waals surface area contributed by atoms with Crippen molar-refractivity contribution in [2.75, 3.05) is 53.6 Å². The van der Waals surface area contributed by atoms with Crippen LogP contribution in [0.1, 0.15) is 12.0 Å². The van der Waals surface area contributed by atoms with E-state index in [1.807, 2.05) is 12.1 Å². The molecule has 1 saturated heterocycles. The van der Waals surface area contributed by atoms with Gasteiger partial charge in [0.1, 0.15) is 0 Å². The molecule has 1 heterocycles. The van der Waals surface area contributed by atoms with Crippen molar-refractivity contribution in [3.8, 4) is 11.5 Å². The highest BCUT2D eigenvalue weighted by Gasteiger charge is 2.11. The summed E-state index contributed by atoms with van der Waals surface area (Å²) in [7, 11) is 3.21. The molecule has 1 aliphatic rings. The first-order chi connectivity index (χ1) is 10.7. The maximum Gasteiger partial charge on any atom is 0.179 e. The van der Waals surface area contributed by atoms with Crippen LogP contribution < -0.4 is 14.8 Å². The average Bonchev–Trinajstić information content (AvgIpc) is 2.55. The number of nitrogens with zero attached hydrogens (tertiary/aromatic N) is 1. The Hall–Kier alpha value is -0.430. The molecule has 0 spiro atoms. The van der Waals surface area contributed by atoms with Gasteiger partial charge in [-0.15, -0.1) is 24.8 Å². The van der Waals surface area contributed by atoms with Crippen LogP contribution in [0.5, 0.6) is 11.5 Å². The van der Waals surface area contributed by atoms with Gasteiger partial charge < -0.3 is 19.5 Å². The van der Waals surface area contributed by atoms with Crippen molar-refractivity contribution in [2.45, 2.75) is 13.0 Å². The standard InChI is InChI=1S/C16H25ClN2O3.2ClH/c1-20-15-11-13(10-14(17)16(15)21-2)12-18-4-3-5-19-6-8-22-9-7-19;;/h10-11,18H,3-9,12H2,1-2H3;2*1H. The number of halogens is 3. The zero-order valence-electron chi connectivity index (χ0n) is 14.2. The van der Waals surface area contributed by atoms with Crippen molar-refractivity contribution in [1.82, 2.24) is 10.2 Å². The molecule has 0 unspecified atom stereocenters. The van der Waals surface area contributed by atoms with Crippen LogP contribution in [0.25, 0.3) is 0 Å². The molecule has 0 aliphatic carbocycles. The van der Waals surface area contributed by atoms with Gasteiger partial charge in [0, 0.05) is 19.6 Å². The van der Waals surface area contributed by atoms with Crippen LogP contribution >= 0.6 is 36.4 Å². The summed E-state index contributed by atoms with van der Waals surface area (Å²) in [6.07, 6.45) is 1.13. The minimum atomic E-state index is 0. The first-order valence-electron chi connectivity index (χ1n) is 7.66. The Morgan fingerprint density at radius 1 is 1.17 bits per heavy atom. The molecule has 1 N–H and O–H groups in total. The molecule has 0 saturated carbocycles. The number of hydrogen-bond donors (Lipinski definition) is 1. The maximum absolute atomic E-state index is 6.20. The number of ether oxygens (including phenoxy) is 3. The molecule has 2 rings (SSSR count). The van der Waals surface area contributed by atoms with Gasteiger partial charge in [-0.2, -0.15) is 0 Å². The first kappa shape index (κ1) is 23.6. The van der Waals surface area contributed by atoms with Crippen LogP contribution in [-0.2, 0) is 11.3 Å². The number of rotatable bonds is 8. The van der Waals surface area contributed by atoms with Crippen LogP contribution in [0.2, 0.25) is 5.02 Å². The number of hydrogen-bond acceptors (Lipinski definition) is 5. The molecule has 8 heteroatoms. The molecule has 24 heavy (non-hydrogen) atoms. The van der Waals surface area contributed by atoms with Crippen molar-refractivity contribution in [3.63, 3.8) is 0 Å². The normalized spacial score (nSPS) is 14.5. The molecule has 0 bridgehead atoms. The van der Waals surface area contributed by atoms with Gasteiger partial charge in [-0.25, -0.2) is 0 Å². The Morgan fingerprint density at radius 2 is 1.88 bits per heavy atom. The first-order valence-corrected chi connectivity index (χ1v) is 8.03. The molecule has 1 aromatic rings. The SMILES string of the molecule is COc1cc(CNCCCN2CCOCC2)cc(Cl)c1OC.Cl.Cl. The van der Waals surface area contributed by atoms with Crippen LogP contribution in [0.3, 0.4) is 0 Å². The second-order valence-corrected chi connectivity index (χ2v) is 5.70. The molecule has 0 aromatic heterocycles. The van der Waals surface area contributed by atoms with Crippen LogP contribution in [-0.4, -0.2) is 58.5 Å². The summed E-state index contributed by atoms with van der Waals surface area (Å²) in [5.41, 5.74) is 1.09. The van der Waals surface area contributed by atoms with E-state index in [1.165, 1.54) is 0 Å². The monoisotopic (exact) mass is 400 g/mol. The Kier molecular flexibility index (Phi) is 12.6. The van der Waals surface area contributed by atoms with E-state index in [-0.39, 0.29) is 24.8 Å². The molecule has 140 valence electrons. The van der Waals surface area contributed by atoms with Gasteiger partial charge in [-0.3, -0.25) is 4.90 Å². The largest absolute Gasteiger partial charge is 0.493 e. The fraction of sp³-hybridized carbons (Fsp3) is 0.625. The summed E-state index contributed by atoms with van der Waals surface area (Å²) in [4.78, 5) is 2.44. The lowest BCUT2D eigenvalue weighted by Crippen LogP contribution is -2.37. The van der Waals surface area contributed by atoms with Crippen LogP contribution in [0.4, 0.5) is 0 Å². The fourth-order valence-electron chi connectivity index (χ4n) is 2.56. The second-order valence-electron chi connectivity index (χ2n) is 5.30. The molecular formula is C16H27Cl3N2O3. The lowest BCUT2D eigenvalue weighted by Gasteiger charge is -2.26. The Labute approximate surface area is 161 Å². The van der Waals surface area contributed by atoms with E-state index in [1.54, 1.807) is 14.2 Å². The number of morpholine rings is 1. The summed E-state index contributed by atoms with van der Waals surface area (Å²) in [6, 6.07) is 3.87. The summed E-state index contributed by atoms with van der Waals surface area (Å²) < 4.78 is 15.9. The number of benzene rings is 1. The molecule has 0 atom stereocenters. The Morgan fingerprint density at radius 3 is 2.50 bits per heavy atom. The van der Waals surface area contributed by atoms with Crippen molar-refractivity contribution < 1.29 is 14.2 Å². The van der Waals surface area contributed by atoms with Crippen LogP contribution in [0.15, 0.2) is 12.1 Å². The van der Waals surface area contributed by atoms with Gasteiger partial charge in [0.15, 0.2) is 11.5 Å². The highest BCUT2D eigenvalue weighted by molar-refractivity contribution is 6.32. The third-order valence-corrected chi connectivity index (χ3v) is 4.03. The van der Waals surface area contributed by atoms with E-state index in [9.17, 15) is 0 Å². The van der Waals surface area contributed by atoms with Gasteiger partial charge in [0.05, 0.1) is 32.5 Å². The summed E-state index contributed by atoms with van der Waals surface area (Å²) in [5.74, 6) is 1.25. The van der Waals surface area contributed by atoms with E-state index in [2.05, 4.69) is 10.2 Å². The number of methoxy groups -OCH3 is 2. The molecule has 0 radical (unpaired) electrons. The molecule has 1 aliphatic heterocycles. The minimum absolute atomic E-state index is 0. The summed E-state index contributed by atoms with van der Waals surface area (Å²) in [6.45, 7) is 6.67. The minimum Gasteiger partial charge on any atom is -0.493 e. The highest BCUT2D eigenvalue weighted by Crippen LogP contribution is 2.35. The Balaban J connectivity index is 0.00000264. The van der Waals surface area contributed by atoms with E-state index in [0.29, 0.717) is 16.5 Å². The lowest BCUT2D eigenvalue weighted by molar-refractivity contribution is 0.0374. The van der Waals surface area contributed by atoms with Gasteiger partial charge in [-0.05, 0) is 37.2 Å². The third kappa shape index (κ3) is 7.21. The van der Waals surface area contributed by atoms with E-state index in [0.717, 1.165) is 57.9 Å². The van der Waals surface area contributed by atoms with Crippen LogP contribution in [0, 0.1) is 0 Å². The molecule has 1 fully saturated rings. The zero-order chi connectivity index (χ0) is 15.8. The zero-order valence-corrected chi connectivity index (χ0v) is 16.6. The van der Waals surface area contributed by atoms with Crippen molar-refractivity contribution in [1.29, 1.82) is 0 Å². The van der Waals surface area contributed by atoms with Gasteiger partial charge >= 0.3 is 0 Å². The van der Waals surface area contributed by atoms with Crippen molar-refractivity contribution in [3.05, 3.63) is 22.7 Å². The molecule has 0 amide bonds. The molecular weight excluding hydrogens is 375 g/mol. The van der Waals surface area contributed by atoms with E-state index < -0.39 is 0 Å². The maximum atomic E-state index is 6.20. The third-order valence-electron chi connectivity index (χ3n) is 3.75.